The van der Waals surface area contributed by atoms with E-state index in [1.54, 1.807) is 24.3 Å². The Morgan fingerprint density at radius 1 is 0.511 bits per heavy atom. The normalized spacial score (nSPS) is 10.9. The summed E-state index contributed by atoms with van der Waals surface area (Å²) in [4.78, 5) is 24.8. The number of hydrogen-bond donors (Lipinski definition) is 2. The van der Waals surface area contributed by atoms with Gasteiger partial charge >= 0.3 is 11.9 Å². The van der Waals surface area contributed by atoms with Crippen molar-refractivity contribution < 1.29 is 19.8 Å². The van der Waals surface area contributed by atoms with E-state index in [0.29, 0.717) is 22.3 Å². The van der Waals surface area contributed by atoms with Gasteiger partial charge in [-0.05, 0) is 81.2 Å². The van der Waals surface area contributed by atoms with Crippen LogP contribution in [0, 0.1) is 23.7 Å². The van der Waals surface area contributed by atoms with E-state index in [1.807, 2.05) is 98.8 Å². The Kier molecular flexibility index (Phi) is 7.66. The molecule has 0 spiro atoms. The second kappa shape index (κ2) is 11.9. The van der Waals surface area contributed by atoms with Crippen molar-refractivity contribution in [2.24, 2.45) is 0 Å². The number of rotatable bonds is 4. The largest absolute Gasteiger partial charge is 0.478 e. The van der Waals surface area contributed by atoms with Gasteiger partial charge in [0.15, 0.2) is 0 Å². The van der Waals surface area contributed by atoms with E-state index in [2.05, 4.69) is 23.7 Å². The molecule has 0 aromatic heterocycles. The van der Waals surface area contributed by atoms with Crippen LogP contribution in [0.1, 0.15) is 67.9 Å². The lowest BCUT2D eigenvalue weighted by atomic mass is 9.73. The van der Waals surface area contributed by atoms with Gasteiger partial charge in [0, 0.05) is 27.7 Å². The number of fused-ring (bicyclic) bond motifs is 2. The molecule has 0 aliphatic carbocycles. The Hall–Kier alpha value is -6.10. The van der Waals surface area contributed by atoms with Gasteiger partial charge in [0.2, 0.25) is 0 Å². The topological polar surface area (TPSA) is 74.6 Å². The van der Waals surface area contributed by atoms with Crippen LogP contribution in [-0.2, 0) is 5.41 Å². The Morgan fingerprint density at radius 3 is 1.33 bits per heavy atom. The highest BCUT2D eigenvalue weighted by Gasteiger charge is 2.32. The highest BCUT2D eigenvalue weighted by Crippen LogP contribution is 2.37. The molecule has 6 aromatic carbocycles. The van der Waals surface area contributed by atoms with Crippen LogP contribution in [0.5, 0.6) is 0 Å². The molecule has 0 amide bonds. The molecule has 2 N–H and O–H groups in total. The molecule has 6 aromatic rings. The maximum atomic E-state index is 12.4. The molecule has 0 fully saturated rings. The number of hydrogen-bond acceptors (Lipinski definition) is 2. The first-order chi connectivity index (χ1) is 21.7. The summed E-state index contributed by atoms with van der Waals surface area (Å²) in [6, 6.07) is 37.8. The van der Waals surface area contributed by atoms with Gasteiger partial charge in [0.25, 0.3) is 0 Å². The summed E-state index contributed by atoms with van der Waals surface area (Å²) in [6.07, 6.45) is 0. The molecule has 6 rings (SSSR count). The third-order valence-electron chi connectivity index (χ3n) is 8.11. The molecule has 0 aliphatic heterocycles. The minimum Gasteiger partial charge on any atom is -0.478 e. The van der Waals surface area contributed by atoms with Gasteiger partial charge in [-0.2, -0.15) is 0 Å². The molecule has 45 heavy (non-hydrogen) atoms. The van der Waals surface area contributed by atoms with Crippen LogP contribution in [0.4, 0.5) is 0 Å². The number of benzene rings is 6. The summed E-state index contributed by atoms with van der Waals surface area (Å²) < 4.78 is 0. The molecule has 4 heteroatoms. The van der Waals surface area contributed by atoms with Gasteiger partial charge in [-0.3, -0.25) is 0 Å². The SMILES string of the molecule is CC(C)(c1cc(C#Cc2cccc3ccccc23)ccc1C(=O)O)c1cc(C#Cc2cccc3ccccc23)ccc1C(=O)O. The maximum absolute atomic E-state index is 12.4. The molecule has 0 heterocycles. The molecule has 0 aliphatic rings. The quantitative estimate of drug-likeness (QED) is 0.204. The van der Waals surface area contributed by atoms with Gasteiger partial charge in [0.1, 0.15) is 0 Å². The molecule has 0 radical (unpaired) electrons. The number of carbonyl (C=O) groups is 2. The maximum Gasteiger partial charge on any atom is 0.335 e. The first-order valence-electron chi connectivity index (χ1n) is 14.5. The molecule has 0 unspecified atom stereocenters. The smallest absolute Gasteiger partial charge is 0.335 e. The average Bonchev–Trinajstić information content (AvgIpc) is 3.06. The summed E-state index contributed by atoms with van der Waals surface area (Å²) in [5.41, 5.74) is 3.04. The van der Waals surface area contributed by atoms with Gasteiger partial charge in [-0.15, -0.1) is 0 Å². The lowest BCUT2D eigenvalue weighted by Crippen LogP contribution is -2.25. The molecular formula is C41H28O4. The summed E-state index contributed by atoms with van der Waals surface area (Å²) >= 11 is 0. The highest BCUT2D eigenvalue weighted by molar-refractivity contribution is 5.93. The number of carboxylic acid groups (broad SMARTS) is 2. The summed E-state index contributed by atoms with van der Waals surface area (Å²) in [6.45, 7) is 3.67. The van der Waals surface area contributed by atoms with Crippen LogP contribution in [0.3, 0.4) is 0 Å². The molecule has 0 saturated carbocycles. The number of carboxylic acids is 2. The first kappa shape index (κ1) is 29.0. The lowest BCUT2D eigenvalue weighted by molar-refractivity contribution is 0.0686. The molecule has 0 bridgehead atoms. The Morgan fingerprint density at radius 2 is 0.911 bits per heavy atom. The number of aromatic carboxylic acids is 2. The predicted molar refractivity (Wildman–Crippen MR) is 179 cm³/mol. The van der Waals surface area contributed by atoms with Crippen molar-refractivity contribution in [3.8, 4) is 23.7 Å². The van der Waals surface area contributed by atoms with E-state index in [4.69, 9.17) is 0 Å². The minimum absolute atomic E-state index is 0.0827. The fourth-order valence-electron chi connectivity index (χ4n) is 5.74. The fourth-order valence-corrected chi connectivity index (χ4v) is 5.74. The zero-order valence-corrected chi connectivity index (χ0v) is 24.8. The van der Waals surface area contributed by atoms with Crippen molar-refractivity contribution in [2.45, 2.75) is 19.3 Å². The predicted octanol–water partition coefficient (Wildman–Crippen LogP) is 8.51. The van der Waals surface area contributed by atoms with Crippen molar-refractivity contribution in [2.75, 3.05) is 0 Å². The third-order valence-corrected chi connectivity index (χ3v) is 8.11. The molecule has 0 saturated heterocycles. The Balaban J connectivity index is 1.45. The van der Waals surface area contributed by atoms with E-state index < -0.39 is 17.4 Å². The molecule has 4 nitrogen and oxygen atoms in total. The summed E-state index contributed by atoms with van der Waals surface area (Å²) in [5, 5.41) is 24.5. The fraction of sp³-hybridized carbons (Fsp3) is 0.0732. The van der Waals surface area contributed by atoms with Gasteiger partial charge in [-0.1, -0.05) is 110 Å². The Labute approximate surface area is 261 Å². The van der Waals surface area contributed by atoms with Crippen LogP contribution in [0.2, 0.25) is 0 Å². The van der Waals surface area contributed by atoms with Crippen LogP contribution in [0.15, 0.2) is 121 Å². The van der Waals surface area contributed by atoms with E-state index in [-0.39, 0.29) is 11.1 Å². The monoisotopic (exact) mass is 584 g/mol. The highest BCUT2D eigenvalue weighted by atomic mass is 16.4. The van der Waals surface area contributed by atoms with Crippen LogP contribution < -0.4 is 0 Å². The second-order valence-corrected chi connectivity index (χ2v) is 11.3. The van der Waals surface area contributed by atoms with Gasteiger partial charge < -0.3 is 10.2 Å². The van der Waals surface area contributed by atoms with E-state index in [0.717, 1.165) is 32.7 Å². The van der Waals surface area contributed by atoms with Gasteiger partial charge in [-0.25, -0.2) is 9.59 Å². The van der Waals surface area contributed by atoms with Crippen LogP contribution >= 0.6 is 0 Å². The van der Waals surface area contributed by atoms with Crippen molar-refractivity contribution in [1.29, 1.82) is 0 Å². The van der Waals surface area contributed by atoms with Crippen molar-refractivity contribution >= 4 is 33.5 Å². The van der Waals surface area contributed by atoms with Crippen LogP contribution in [-0.4, -0.2) is 22.2 Å². The second-order valence-electron chi connectivity index (χ2n) is 11.3. The molecular weight excluding hydrogens is 556 g/mol. The summed E-state index contributed by atoms with van der Waals surface area (Å²) in [5.74, 6) is 10.7. The summed E-state index contributed by atoms with van der Waals surface area (Å²) in [7, 11) is 0. The van der Waals surface area contributed by atoms with E-state index in [9.17, 15) is 19.8 Å². The standard InChI is InChI=1S/C41H28O4/c1-41(2,37-25-27(19-23-35(37)39(42)43)17-21-31-13-7-11-29-9-3-5-15-33(29)31)38-26-28(20-24-36(38)40(44)45)18-22-32-14-8-12-30-10-4-6-16-34(30)32/h3-16,19-20,23-26H,1-2H3,(H,42,43)(H,44,45). The van der Waals surface area contributed by atoms with Crippen molar-refractivity contribution in [3.63, 3.8) is 0 Å². The van der Waals surface area contributed by atoms with Crippen molar-refractivity contribution in [1.82, 2.24) is 0 Å². The van der Waals surface area contributed by atoms with E-state index >= 15 is 0 Å². The van der Waals surface area contributed by atoms with E-state index in [1.165, 1.54) is 12.1 Å². The first-order valence-corrected chi connectivity index (χ1v) is 14.5. The zero-order valence-electron chi connectivity index (χ0n) is 24.8. The van der Waals surface area contributed by atoms with Crippen molar-refractivity contribution in [3.05, 3.63) is 166 Å². The Bertz CT molecular complexity index is 2100. The molecule has 0 atom stereocenters. The van der Waals surface area contributed by atoms with Crippen LogP contribution in [0.25, 0.3) is 21.5 Å². The third kappa shape index (κ3) is 5.78. The minimum atomic E-state index is -1.10. The average molecular weight is 585 g/mol. The zero-order chi connectivity index (χ0) is 31.6. The van der Waals surface area contributed by atoms with Gasteiger partial charge in [0.05, 0.1) is 11.1 Å². The lowest BCUT2D eigenvalue weighted by Gasteiger charge is -2.29. The molecule has 216 valence electrons.